The van der Waals surface area contributed by atoms with Crippen molar-refractivity contribution in [3.05, 3.63) is 33.8 Å². The van der Waals surface area contributed by atoms with Crippen LogP contribution in [0.2, 0.25) is 10.0 Å². The molecule has 0 aliphatic carbocycles. The standard InChI is InChI=1S/C13H15Cl2NO/c1-9-4-5-16(7-9)8-13(17)11-6-10(14)2-3-12(11)15/h2-3,6,9H,4-5,7-8H2,1H3. The molecular weight excluding hydrogens is 257 g/mol. The first-order valence-corrected chi connectivity index (χ1v) is 6.52. The van der Waals surface area contributed by atoms with Gasteiger partial charge in [-0.05, 0) is 37.1 Å². The highest BCUT2D eigenvalue weighted by Crippen LogP contribution is 2.22. The number of nitrogens with zero attached hydrogens (tertiary/aromatic N) is 1. The molecule has 1 heterocycles. The van der Waals surface area contributed by atoms with Crippen LogP contribution in [0.5, 0.6) is 0 Å². The van der Waals surface area contributed by atoms with E-state index in [2.05, 4.69) is 11.8 Å². The van der Waals surface area contributed by atoms with Crippen LogP contribution < -0.4 is 0 Å². The average molecular weight is 272 g/mol. The quantitative estimate of drug-likeness (QED) is 0.785. The van der Waals surface area contributed by atoms with E-state index in [1.807, 2.05) is 0 Å². The van der Waals surface area contributed by atoms with Gasteiger partial charge in [0.15, 0.2) is 5.78 Å². The summed E-state index contributed by atoms with van der Waals surface area (Å²) in [5.74, 6) is 0.726. The number of Topliss-reactive ketones (excluding diaryl/α,β-unsaturated/α-hetero) is 1. The van der Waals surface area contributed by atoms with Crippen molar-refractivity contribution in [2.24, 2.45) is 5.92 Å². The van der Waals surface area contributed by atoms with E-state index in [4.69, 9.17) is 23.2 Å². The van der Waals surface area contributed by atoms with Crippen LogP contribution in [0.1, 0.15) is 23.7 Å². The summed E-state index contributed by atoms with van der Waals surface area (Å²) in [4.78, 5) is 14.3. The molecule has 1 aliphatic heterocycles. The van der Waals surface area contributed by atoms with Crippen molar-refractivity contribution < 1.29 is 4.79 Å². The number of hydrogen-bond donors (Lipinski definition) is 0. The third-order valence-corrected chi connectivity index (χ3v) is 3.67. The maximum atomic E-state index is 12.1. The highest BCUT2D eigenvalue weighted by atomic mass is 35.5. The van der Waals surface area contributed by atoms with E-state index in [1.54, 1.807) is 18.2 Å². The molecule has 0 aromatic heterocycles. The first-order valence-electron chi connectivity index (χ1n) is 5.77. The SMILES string of the molecule is CC1CCN(CC(=O)c2cc(Cl)ccc2Cl)C1. The Morgan fingerprint density at radius 3 is 2.88 bits per heavy atom. The van der Waals surface area contributed by atoms with Crippen LogP contribution in [0.4, 0.5) is 0 Å². The predicted octanol–water partition coefficient (Wildman–Crippen LogP) is 3.52. The van der Waals surface area contributed by atoms with E-state index in [0.29, 0.717) is 28.1 Å². The molecule has 1 unspecified atom stereocenters. The van der Waals surface area contributed by atoms with Gasteiger partial charge in [-0.3, -0.25) is 9.69 Å². The average Bonchev–Trinajstić information content (AvgIpc) is 2.67. The van der Waals surface area contributed by atoms with Crippen LogP contribution in [-0.4, -0.2) is 30.3 Å². The number of carbonyl (C=O) groups excluding carboxylic acids is 1. The molecule has 0 N–H and O–H groups in total. The minimum Gasteiger partial charge on any atom is -0.296 e. The molecule has 0 amide bonds. The van der Waals surface area contributed by atoms with E-state index in [1.165, 1.54) is 0 Å². The van der Waals surface area contributed by atoms with Crippen molar-refractivity contribution >= 4 is 29.0 Å². The van der Waals surface area contributed by atoms with Crippen LogP contribution in [0.15, 0.2) is 18.2 Å². The van der Waals surface area contributed by atoms with Crippen molar-refractivity contribution in [1.82, 2.24) is 4.90 Å². The van der Waals surface area contributed by atoms with Crippen LogP contribution in [0, 0.1) is 5.92 Å². The first kappa shape index (κ1) is 12.9. The van der Waals surface area contributed by atoms with Crippen molar-refractivity contribution in [3.63, 3.8) is 0 Å². The van der Waals surface area contributed by atoms with E-state index < -0.39 is 0 Å². The summed E-state index contributed by atoms with van der Waals surface area (Å²) in [6.07, 6.45) is 1.16. The normalized spacial score (nSPS) is 20.8. The molecule has 1 fully saturated rings. The Bertz CT molecular complexity index is 433. The van der Waals surface area contributed by atoms with Gasteiger partial charge in [-0.25, -0.2) is 0 Å². The van der Waals surface area contributed by atoms with Crippen LogP contribution in [0.25, 0.3) is 0 Å². The summed E-state index contributed by atoms with van der Waals surface area (Å²) >= 11 is 11.9. The van der Waals surface area contributed by atoms with E-state index in [-0.39, 0.29) is 5.78 Å². The lowest BCUT2D eigenvalue weighted by Gasteiger charge is -2.14. The fourth-order valence-electron chi connectivity index (χ4n) is 2.17. The van der Waals surface area contributed by atoms with Gasteiger partial charge in [-0.2, -0.15) is 0 Å². The number of likely N-dealkylation sites (tertiary alicyclic amines) is 1. The number of halogens is 2. The molecule has 17 heavy (non-hydrogen) atoms. The third-order valence-electron chi connectivity index (χ3n) is 3.10. The highest BCUT2D eigenvalue weighted by Gasteiger charge is 2.22. The topological polar surface area (TPSA) is 20.3 Å². The molecule has 0 bridgehead atoms. The molecule has 1 aromatic rings. The second-order valence-electron chi connectivity index (χ2n) is 4.68. The summed E-state index contributed by atoms with van der Waals surface area (Å²) in [6.45, 7) is 4.62. The van der Waals surface area contributed by atoms with Gasteiger partial charge in [-0.1, -0.05) is 30.1 Å². The predicted molar refractivity (Wildman–Crippen MR) is 71.0 cm³/mol. The number of hydrogen-bond acceptors (Lipinski definition) is 2. The summed E-state index contributed by atoms with van der Waals surface area (Å²) in [5.41, 5.74) is 0.527. The molecule has 92 valence electrons. The molecule has 0 saturated carbocycles. The molecular formula is C13H15Cl2NO. The number of rotatable bonds is 3. The fraction of sp³-hybridized carbons (Fsp3) is 0.462. The van der Waals surface area contributed by atoms with Gasteiger partial charge in [0.2, 0.25) is 0 Å². The summed E-state index contributed by atoms with van der Waals surface area (Å²) in [6, 6.07) is 5.01. The molecule has 0 radical (unpaired) electrons. The van der Waals surface area contributed by atoms with Gasteiger partial charge in [0.25, 0.3) is 0 Å². The molecule has 2 rings (SSSR count). The molecule has 0 spiro atoms. The molecule has 2 nitrogen and oxygen atoms in total. The molecule has 1 aliphatic rings. The Hall–Kier alpha value is -0.570. The zero-order chi connectivity index (χ0) is 12.4. The zero-order valence-electron chi connectivity index (χ0n) is 9.75. The van der Waals surface area contributed by atoms with Crippen molar-refractivity contribution in [3.8, 4) is 0 Å². The lowest BCUT2D eigenvalue weighted by molar-refractivity contribution is 0.0944. The highest BCUT2D eigenvalue weighted by molar-refractivity contribution is 6.36. The minimum absolute atomic E-state index is 0.0478. The Balaban J connectivity index is 2.06. The Labute approximate surface area is 112 Å². The summed E-state index contributed by atoms with van der Waals surface area (Å²) < 4.78 is 0. The molecule has 1 aromatic carbocycles. The van der Waals surface area contributed by atoms with E-state index in [9.17, 15) is 4.79 Å². The second-order valence-corrected chi connectivity index (χ2v) is 5.52. The summed E-state index contributed by atoms with van der Waals surface area (Å²) in [7, 11) is 0. The van der Waals surface area contributed by atoms with Gasteiger partial charge in [0.05, 0.1) is 11.6 Å². The van der Waals surface area contributed by atoms with Gasteiger partial charge in [-0.15, -0.1) is 0 Å². The van der Waals surface area contributed by atoms with Crippen LogP contribution in [0.3, 0.4) is 0 Å². The van der Waals surface area contributed by atoms with Gasteiger partial charge >= 0.3 is 0 Å². The molecule has 1 atom stereocenters. The minimum atomic E-state index is 0.0478. The van der Waals surface area contributed by atoms with E-state index in [0.717, 1.165) is 19.5 Å². The lowest BCUT2D eigenvalue weighted by atomic mass is 10.1. The maximum Gasteiger partial charge on any atom is 0.178 e. The fourth-order valence-corrected chi connectivity index (χ4v) is 2.56. The number of benzene rings is 1. The third kappa shape index (κ3) is 3.21. The Morgan fingerprint density at radius 2 is 2.24 bits per heavy atom. The Kier molecular flexibility index (Phi) is 4.08. The molecule has 4 heteroatoms. The number of carbonyl (C=O) groups is 1. The van der Waals surface area contributed by atoms with Crippen LogP contribution >= 0.6 is 23.2 Å². The van der Waals surface area contributed by atoms with Gasteiger partial charge in [0, 0.05) is 17.1 Å². The molecule has 1 saturated heterocycles. The van der Waals surface area contributed by atoms with Gasteiger partial charge < -0.3 is 0 Å². The van der Waals surface area contributed by atoms with Crippen molar-refractivity contribution in [1.29, 1.82) is 0 Å². The summed E-state index contributed by atoms with van der Waals surface area (Å²) in [5, 5.41) is 1.03. The lowest BCUT2D eigenvalue weighted by Crippen LogP contribution is -2.27. The van der Waals surface area contributed by atoms with Crippen LogP contribution in [-0.2, 0) is 0 Å². The second kappa shape index (κ2) is 5.38. The smallest absolute Gasteiger partial charge is 0.178 e. The van der Waals surface area contributed by atoms with E-state index >= 15 is 0 Å². The number of ketones is 1. The maximum absolute atomic E-state index is 12.1. The van der Waals surface area contributed by atoms with Gasteiger partial charge in [0.1, 0.15) is 0 Å². The largest absolute Gasteiger partial charge is 0.296 e. The first-order chi connectivity index (χ1) is 8.06. The Morgan fingerprint density at radius 1 is 1.47 bits per heavy atom. The van der Waals surface area contributed by atoms with Crippen molar-refractivity contribution in [2.75, 3.05) is 19.6 Å². The monoisotopic (exact) mass is 271 g/mol. The van der Waals surface area contributed by atoms with Crippen molar-refractivity contribution in [2.45, 2.75) is 13.3 Å². The zero-order valence-corrected chi connectivity index (χ0v) is 11.3.